The molecule has 3 aromatic carbocycles. The number of aromatic hydroxyl groups is 2. The molecule has 1 spiro atoms. The minimum atomic E-state index is -1.91. The number of aliphatic hydroxyl groups excluding tert-OH is 1. The first-order chi connectivity index (χ1) is 42.5. The molecule has 0 saturated carbocycles. The van der Waals surface area contributed by atoms with Crippen LogP contribution < -0.4 is 36.7 Å². The Morgan fingerprint density at radius 2 is 1.56 bits per heavy atom. The average Bonchev–Trinajstić information content (AvgIpc) is 1.50. The highest BCUT2D eigenvalue weighted by Gasteiger charge is 2.50. The lowest BCUT2D eigenvalue weighted by Gasteiger charge is -2.38. The molecule has 5 aliphatic rings. The number of esters is 1. The van der Waals surface area contributed by atoms with Crippen molar-refractivity contribution < 1.29 is 67.9 Å². The largest absolute Gasteiger partial charge is 0.507 e. The summed E-state index contributed by atoms with van der Waals surface area (Å²) in [4.78, 5) is 120. The van der Waals surface area contributed by atoms with E-state index in [0.717, 1.165) is 17.0 Å². The van der Waals surface area contributed by atoms with Crippen LogP contribution in [-0.2, 0) is 49.5 Å². The van der Waals surface area contributed by atoms with Gasteiger partial charge in [0.25, 0.3) is 11.7 Å². The molecule has 4 amide bonds. The molecule has 0 unspecified atom stereocenters. The molecule has 486 valence electrons. The van der Waals surface area contributed by atoms with Crippen molar-refractivity contribution in [3.05, 3.63) is 106 Å². The van der Waals surface area contributed by atoms with Gasteiger partial charge in [-0.2, -0.15) is 0 Å². The topological polar surface area (TPSA) is 304 Å². The molecule has 0 aliphatic carbocycles. The summed E-state index contributed by atoms with van der Waals surface area (Å²) < 4.78 is 18.8. The number of hydrogen-bond acceptors (Lipinski definition) is 18. The van der Waals surface area contributed by atoms with Crippen LogP contribution in [0.4, 0.5) is 5.69 Å². The van der Waals surface area contributed by atoms with E-state index < -0.39 is 102 Å². The number of likely N-dealkylation sites (tertiary alicyclic amines) is 1. The average molecular weight is 1240 g/mol. The molecule has 5 heterocycles. The Labute approximate surface area is 526 Å². The summed E-state index contributed by atoms with van der Waals surface area (Å²) in [7, 11) is 1.37. The number of phenols is 2. The van der Waals surface area contributed by atoms with Crippen molar-refractivity contribution in [1.29, 1.82) is 0 Å². The van der Waals surface area contributed by atoms with Crippen molar-refractivity contribution in [2.24, 2.45) is 57.3 Å². The van der Waals surface area contributed by atoms with Crippen LogP contribution in [-0.4, -0.2) is 149 Å². The van der Waals surface area contributed by atoms with Gasteiger partial charge in [-0.05, 0) is 67.9 Å². The van der Waals surface area contributed by atoms with Gasteiger partial charge < -0.3 is 70.2 Å². The fraction of sp³-hybridized carbons (Fsp3) is 0.529. The molecular formula is C68H90N8O14. The van der Waals surface area contributed by atoms with Gasteiger partial charge in [0.15, 0.2) is 11.4 Å². The van der Waals surface area contributed by atoms with Crippen molar-refractivity contribution >= 4 is 64.4 Å². The van der Waals surface area contributed by atoms with Gasteiger partial charge in [0, 0.05) is 86.9 Å². The molecule has 0 aromatic heterocycles. The third kappa shape index (κ3) is 15.8. The number of ether oxygens (including phenoxy) is 3. The van der Waals surface area contributed by atoms with Crippen LogP contribution >= 0.6 is 0 Å². The SMILES string of the molecule is C=C(CCC(C=O)C=O)NCC(=O)N[C@H](Cc1ccccc1)C(=O)NCC(=O)N(C)CC(=O)O[C@@H]1[C@@H](C)[C@@H](O)[C@@H](C)[C@H](C)[C@H](C)[C@@H](C)/C=C/O[C@@]2(C)Oc3c(C)c(O)c4c(O)c(c5c(c4c3C2=O)=NC2(CCN(CC(C)C)CC2)N=5)NC(=O)/C(C)=C\C=C\[C@@H]1C. The second-order valence-corrected chi connectivity index (χ2v) is 25.6. The molecule has 10 atom stereocenters. The Morgan fingerprint density at radius 3 is 2.21 bits per heavy atom. The van der Waals surface area contributed by atoms with Crippen LogP contribution in [0.2, 0.25) is 0 Å². The van der Waals surface area contributed by atoms with E-state index in [9.17, 15) is 53.7 Å². The van der Waals surface area contributed by atoms with Crippen LogP contribution in [0.25, 0.3) is 10.8 Å². The van der Waals surface area contributed by atoms with Gasteiger partial charge in [-0.3, -0.25) is 38.8 Å². The number of benzene rings is 3. The molecule has 1 fully saturated rings. The van der Waals surface area contributed by atoms with E-state index in [1.165, 1.54) is 20.2 Å². The first kappa shape index (κ1) is 69.2. The van der Waals surface area contributed by atoms with Crippen molar-refractivity contribution in [2.45, 2.75) is 138 Å². The van der Waals surface area contributed by atoms with E-state index in [4.69, 9.17) is 24.2 Å². The summed E-state index contributed by atoms with van der Waals surface area (Å²) in [6, 6.07) is 7.81. The third-order valence-corrected chi connectivity index (χ3v) is 18.4. The molecule has 5 aliphatic heterocycles. The van der Waals surface area contributed by atoms with Gasteiger partial charge in [-0.25, -0.2) is 0 Å². The zero-order chi connectivity index (χ0) is 66.1. The number of aliphatic hydroxyl groups is 1. The fourth-order valence-electron chi connectivity index (χ4n) is 12.2. The number of amides is 4. The zero-order valence-corrected chi connectivity index (χ0v) is 53.9. The molecule has 8 rings (SSSR count). The van der Waals surface area contributed by atoms with Crippen molar-refractivity contribution in [1.82, 2.24) is 25.8 Å². The highest BCUT2D eigenvalue weighted by Crippen LogP contribution is 2.50. The van der Waals surface area contributed by atoms with Crippen LogP contribution in [0.15, 0.2) is 88.7 Å². The Hall–Kier alpha value is -8.24. The van der Waals surface area contributed by atoms with Gasteiger partial charge in [0.2, 0.25) is 17.7 Å². The number of carbonyl (C=O) groups is 8. The minimum absolute atomic E-state index is 0.0567. The van der Waals surface area contributed by atoms with Crippen molar-refractivity contribution in [3.63, 3.8) is 0 Å². The number of Topliss-reactive ketones (excluding diaryl/α,β-unsaturated/α-hetero) is 1. The summed E-state index contributed by atoms with van der Waals surface area (Å²) in [5.74, 6) is -9.16. The van der Waals surface area contributed by atoms with Gasteiger partial charge >= 0.3 is 11.8 Å². The van der Waals surface area contributed by atoms with Crippen LogP contribution in [0, 0.1) is 54.3 Å². The van der Waals surface area contributed by atoms with E-state index in [-0.39, 0.29) is 105 Å². The first-order valence-electron chi connectivity index (χ1n) is 31.1. The molecular weight excluding hydrogens is 1150 g/mol. The number of allylic oxidation sites excluding steroid dienone is 4. The standard InChI is InChI=1S/C68H90N8O14/c1-37(2)33-76-27-25-68(26-28-76)73-56-53-54-60(83)46(11)63-55(53)64(85)67(12,90-63)88-29-24-38(3)42(7)43(8)44(9)59(82)45(10)62(39(4)18-17-19-40(5)65(86)72-58(61(54)84)57(56)74-68)89-52(81)34-75(13)51(80)32-70-66(87)49(30-47-20-15-14-16-21-47)71-50(79)31-69-41(6)22-23-48(35-77)36-78/h14-21,24,29,35-39,42-45,48-49,59,62,69,82-84H,6,22-23,25-28,30-34H2,1-5,7-13H3,(H,70,87)(H,71,79)(H,72,86)/b18-17+,29-24+,40-19-/t38-,39-,42+,43+,44-,45-,49+,59-,62-,67-/m0/s1. The predicted octanol–water partition coefficient (Wildman–Crippen LogP) is 5.83. The molecule has 22 nitrogen and oxygen atoms in total. The molecule has 1 saturated heterocycles. The van der Waals surface area contributed by atoms with E-state index in [0.29, 0.717) is 50.1 Å². The highest BCUT2D eigenvalue weighted by molar-refractivity contribution is 6.19. The van der Waals surface area contributed by atoms with Gasteiger partial charge in [0.05, 0.1) is 47.7 Å². The number of aldehydes is 2. The Balaban J connectivity index is 1.14. The molecule has 3 aromatic rings. The number of phenolic OH excluding ortho intramolecular Hbond substituents is 2. The van der Waals surface area contributed by atoms with Crippen LogP contribution in [0.5, 0.6) is 17.2 Å². The number of hydrogen-bond donors (Lipinski definition) is 7. The second kappa shape index (κ2) is 29.6. The fourth-order valence-corrected chi connectivity index (χ4v) is 12.2. The van der Waals surface area contributed by atoms with Crippen LogP contribution in [0.3, 0.4) is 0 Å². The second-order valence-electron chi connectivity index (χ2n) is 25.6. The van der Waals surface area contributed by atoms with Crippen LogP contribution in [0.1, 0.15) is 116 Å². The quantitative estimate of drug-likeness (QED) is 0.0322. The number of ketones is 1. The summed E-state index contributed by atoms with van der Waals surface area (Å²) in [5, 5.41) is 48.0. The van der Waals surface area contributed by atoms with Gasteiger partial charge in [0.1, 0.15) is 53.8 Å². The maximum atomic E-state index is 14.9. The van der Waals surface area contributed by atoms with Gasteiger partial charge in [-0.1, -0.05) is 111 Å². The number of piperidine rings is 1. The van der Waals surface area contributed by atoms with Crippen molar-refractivity contribution in [3.8, 4) is 17.2 Å². The van der Waals surface area contributed by atoms with E-state index in [1.54, 1.807) is 76.3 Å². The Morgan fingerprint density at radius 1 is 0.889 bits per heavy atom. The lowest BCUT2D eigenvalue weighted by molar-refractivity contribution is -0.160. The first-order valence-corrected chi connectivity index (χ1v) is 31.1. The number of anilines is 1. The monoisotopic (exact) mass is 1240 g/mol. The minimum Gasteiger partial charge on any atom is -0.507 e. The zero-order valence-electron chi connectivity index (χ0n) is 53.9. The summed E-state index contributed by atoms with van der Waals surface area (Å²) in [5.41, 5.74) is 0.426. The van der Waals surface area contributed by atoms with E-state index in [1.807, 2.05) is 33.8 Å². The molecule has 7 N–H and O–H groups in total. The number of nitrogens with one attached hydrogen (secondary N) is 4. The lowest BCUT2D eigenvalue weighted by atomic mass is 9.72. The number of fused-ring (bicyclic) bond motifs is 13. The Kier molecular flexibility index (Phi) is 22.8. The third-order valence-electron chi connectivity index (χ3n) is 18.4. The molecule has 90 heavy (non-hydrogen) atoms. The number of likely N-dealkylation sites (N-methyl/N-ethyl adjacent to an activating group) is 1. The molecule has 0 radical (unpaired) electrons. The molecule has 5 bridgehead atoms. The predicted molar refractivity (Wildman–Crippen MR) is 338 cm³/mol. The maximum absolute atomic E-state index is 14.9. The Bertz CT molecular complexity index is 3460. The smallest absolute Gasteiger partial charge is 0.325 e. The normalized spacial score (nSPS) is 25.9. The summed E-state index contributed by atoms with van der Waals surface area (Å²) in [6.45, 7) is 25.2. The number of nitrogens with zero attached hydrogens (tertiary/aromatic N) is 4. The molecule has 22 heteroatoms. The van der Waals surface area contributed by atoms with E-state index in [2.05, 4.69) is 46.6 Å². The van der Waals surface area contributed by atoms with E-state index >= 15 is 0 Å². The number of rotatable bonds is 19. The highest BCUT2D eigenvalue weighted by atomic mass is 16.7. The maximum Gasteiger partial charge on any atom is 0.325 e. The summed E-state index contributed by atoms with van der Waals surface area (Å²) >= 11 is 0. The van der Waals surface area contributed by atoms with Gasteiger partial charge in [-0.15, -0.1) is 0 Å². The lowest BCUT2D eigenvalue weighted by Crippen LogP contribution is -2.52. The number of carbonyl (C=O) groups excluding carboxylic acids is 8. The van der Waals surface area contributed by atoms with Crippen molar-refractivity contribution in [2.75, 3.05) is 51.6 Å². The summed E-state index contributed by atoms with van der Waals surface area (Å²) in [6.07, 6.45) is 8.71.